The maximum Gasteiger partial charge on any atom is 0.254 e. The molecule has 0 radical (unpaired) electrons. The summed E-state index contributed by atoms with van der Waals surface area (Å²) in [6, 6.07) is 4.46. The van der Waals surface area contributed by atoms with Crippen LogP contribution in [-0.2, 0) is 0 Å². The zero-order valence-corrected chi connectivity index (χ0v) is 11.7. The van der Waals surface area contributed by atoms with Gasteiger partial charge >= 0.3 is 0 Å². The van der Waals surface area contributed by atoms with Gasteiger partial charge < -0.3 is 15.8 Å². The van der Waals surface area contributed by atoms with Crippen LogP contribution in [0.15, 0.2) is 18.2 Å². The van der Waals surface area contributed by atoms with Gasteiger partial charge in [0.1, 0.15) is 11.6 Å². The molecule has 1 saturated carbocycles. The van der Waals surface area contributed by atoms with E-state index in [9.17, 15) is 9.18 Å². The largest absolute Gasteiger partial charge is 0.497 e. The molecule has 1 aromatic carbocycles. The molecule has 1 aliphatic carbocycles. The van der Waals surface area contributed by atoms with Gasteiger partial charge in [0, 0.05) is 18.7 Å². The van der Waals surface area contributed by atoms with Gasteiger partial charge in [0.2, 0.25) is 0 Å². The minimum atomic E-state index is -0.567. The number of halogens is 1. The molecule has 0 bridgehead atoms. The van der Waals surface area contributed by atoms with Crippen LogP contribution < -0.4 is 15.8 Å². The molecule has 4 nitrogen and oxygen atoms in total. The zero-order valence-electron chi connectivity index (χ0n) is 11.7. The van der Waals surface area contributed by atoms with Crippen molar-refractivity contribution in [3.05, 3.63) is 29.6 Å². The van der Waals surface area contributed by atoms with E-state index in [0.717, 1.165) is 25.7 Å². The lowest BCUT2D eigenvalue weighted by Crippen LogP contribution is -2.35. The van der Waals surface area contributed by atoms with Gasteiger partial charge in [-0.15, -0.1) is 0 Å². The fourth-order valence-corrected chi connectivity index (χ4v) is 2.66. The summed E-state index contributed by atoms with van der Waals surface area (Å²) in [5, 5.41) is 2.79. The summed E-state index contributed by atoms with van der Waals surface area (Å²) in [5.74, 6) is -0.159. The molecule has 110 valence electrons. The van der Waals surface area contributed by atoms with Crippen LogP contribution >= 0.6 is 0 Å². The Labute approximate surface area is 118 Å². The molecule has 1 fully saturated rings. The lowest BCUT2D eigenvalue weighted by Gasteiger charge is -2.26. The predicted molar refractivity (Wildman–Crippen MR) is 75.2 cm³/mol. The van der Waals surface area contributed by atoms with Gasteiger partial charge in [0.05, 0.1) is 12.7 Å². The summed E-state index contributed by atoms with van der Waals surface area (Å²) in [6.07, 6.45) is 4.14. The molecule has 0 aromatic heterocycles. The van der Waals surface area contributed by atoms with Gasteiger partial charge in [-0.3, -0.25) is 4.79 Å². The second-order valence-corrected chi connectivity index (χ2v) is 5.35. The summed E-state index contributed by atoms with van der Waals surface area (Å²) >= 11 is 0. The Kier molecular flexibility index (Phi) is 4.95. The molecule has 2 rings (SSSR count). The van der Waals surface area contributed by atoms with E-state index >= 15 is 0 Å². The topological polar surface area (TPSA) is 64.3 Å². The molecule has 20 heavy (non-hydrogen) atoms. The highest BCUT2D eigenvalue weighted by molar-refractivity contribution is 5.94. The van der Waals surface area contributed by atoms with Gasteiger partial charge in [-0.2, -0.15) is 0 Å². The van der Waals surface area contributed by atoms with Gasteiger partial charge in [-0.25, -0.2) is 4.39 Å². The van der Waals surface area contributed by atoms with Gasteiger partial charge in [0.25, 0.3) is 5.91 Å². The normalized spacial score (nSPS) is 22.4. The van der Waals surface area contributed by atoms with E-state index in [2.05, 4.69) is 5.32 Å². The van der Waals surface area contributed by atoms with Crippen molar-refractivity contribution in [1.29, 1.82) is 0 Å². The predicted octanol–water partition coefficient (Wildman–Crippen LogP) is 2.08. The molecule has 0 spiro atoms. The van der Waals surface area contributed by atoms with Crippen LogP contribution in [0.1, 0.15) is 36.0 Å². The molecule has 5 heteroatoms. The van der Waals surface area contributed by atoms with Crippen LogP contribution in [-0.4, -0.2) is 25.6 Å². The minimum absolute atomic E-state index is 0.0471. The summed E-state index contributed by atoms with van der Waals surface area (Å²) in [7, 11) is 1.46. The first kappa shape index (κ1) is 14.8. The Hall–Kier alpha value is -1.62. The summed E-state index contributed by atoms with van der Waals surface area (Å²) in [5.41, 5.74) is 5.96. The quantitative estimate of drug-likeness (QED) is 0.887. The maximum absolute atomic E-state index is 13.8. The van der Waals surface area contributed by atoms with Crippen molar-refractivity contribution in [1.82, 2.24) is 5.32 Å². The van der Waals surface area contributed by atoms with Crippen LogP contribution in [0, 0.1) is 11.7 Å². The Morgan fingerprint density at radius 2 is 2.30 bits per heavy atom. The van der Waals surface area contributed by atoms with E-state index in [1.54, 1.807) is 6.07 Å². The maximum atomic E-state index is 13.8. The fourth-order valence-electron chi connectivity index (χ4n) is 2.66. The van der Waals surface area contributed by atoms with Crippen molar-refractivity contribution in [3.8, 4) is 5.75 Å². The Balaban J connectivity index is 1.91. The highest BCUT2D eigenvalue weighted by atomic mass is 19.1. The minimum Gasteiger partial charge on any atom is -0.497 e. The number of hydrogen-bond acceptors (Lipinski definition) is 3. The van der Waals surface area contributed by atoms with E-state index in [1.165, 1.54) is 19.2 Å². The summed E-state index contributed by atoms with van der Waals surface area (Å²) in [4.78, 5) is 12.0. The molecular weight excluding hydrogens is 259 g/mol. The van der Waals surface area contributed by atoms with Gasteiger partial charge in [0.15, 0.2) is 0 Å². The highest BCUT2D eigenvalue weighted by Crippen LogP contribution is 2.22. The fraction of sp³-hybridized carbons (Fsp3) is 0.533. The first-order valence-electron chi connectivity index (χ1n) is 6.97. The number of amides is 1. The SMILES string of the molecule is COc1ccc(C(=O)NCC2CCCC(N)C2)c(F)c1. The first-order chi connectivity index (χ1) is 9.60. The monoisotopic (exact) mass is 280 g/mol. The third kappa shape index (κ3) is 3.70. The lowest BCUT2D eigenvalue weighted by molar-refractivity contribution is 0.0938. The molecule has 3 N–H and O–H groups in total. The van der Waals surface area contributed by atoms with E-state index in [-0.39, 0.29) is 17.5 Å². The molecule has 1 aromatic rings. The average molecular weight is 280 g/mol. The molecule has 0 heterocycles. The summed E-state index contributed by atoms with van der Waals surface area (Å²) < 4.78 is 18.7. The number of rotatable bonds is 4. The Bertz CT molecular complexity index is 479. The second-order valence-electron chi connectivity index (χ2n) is 5.35. The van der Waals surface area contributed by atoms with Crippen molar-refractivity contribution in [3.63, 3.8) is 0 Å². The average Bonchev–Trinajstić information content (AvgIpc) is 2.44. The molecule has 1 aliphatic rings. The Morgan fingerprint density at radius 1 is 1.50 bits per heavy atom. The van der Waals surface area contributed by atoms with Crippen LogP contribution in [0.4, 0.5) is 4.39 Å². The molecule has 2 unspecified atom stereocenters. The molecule has 0 aliphatic heterocycles. The Morgan fingerprint density at radius 3 is 2.95 bits per heavy atom. The van der Waals surface area contributed by atoms with Crippen molar-refractivity contribution in [2.75, 3.05) is 13.7 Å². The number of nitrogens with one attached hydrogen (secondary N) is 1. The van der Waals surface area contributed by atoms with Crippen LogP contribution in [0.2, 0.25) is 0 Å². The van der Waals surface area contributed by atoms with E-state index in [4.69, 9.17) is 10.5 Å². The molecule has 1 amide bonds. The number of hydrogen-bond donors (Lipinski definition) is 2. The standard InChI is InChI=1S/C15H21FN2O2/c1-20-12-5-6-13(14(16)8-12)15(19)18-9-10-3-2-4-11(17)7-10/h5-6,8,10-11H,2-4,7,9,17H2,1H3,(H,18,19). The van der Waals surface area contributed by atoms with Crippen molar-refractivity contribution >= 4 is 5.91 Å². The third-order valence-electron chi connectivity index (χ3n) is 3.80. The summed E-state index contributed by atoms with van der Waals surface area (Å²) in [6.45, 7) is 0.554. The second kappa shape index (κ2) is 6.70. The number of benzene rings is 1. The molecule has 0 saturated heterocycles. The smallest absolute Gasteiger partial charge is 0.254 e. The first-order valence-corrected chi connectivity index (χ1v) is 6.97. The van der Waals surface area contributed by atoms with Gasteiger partial charge in [-0.1, -0.05) is 6.42 Å². The number of carbonyl (C=O) groups excluding carboxylic acids is 1. The highest BCUT2D eigenvalue weighted by Gasteiger charge is 2.20. The van der Waals surface area contributed by atoms with Crippen LogP contribution in [0.25, 0.3) is 0 Å². The van der Waals surface area contributed by atoms with E-state index in [1.807, 2.05) is 0 Å². The van der Waals surface area contributed by atoms with Gasteiger partial charge in [-0.05, 0) is 37.3 Å². The number of nitrogens with two attached hydrogens (primary N) is 1. The third-order valence-corrected chi connectivity index (χ3v) is 3.80. The number of carbonyl (C=O) groups is 1. The number of ether oxygens (including phenoxy) is 1. The van der Waals surface area contributed by atoms with Crippen LogP contribution in [0.3, 0.4) is 0 Å². The van der Waals surface area contributed by atoms with Crippen molar-refractivity contribution in [2.45, 2.75) is 31.7 Å². The van der Waals surface area contributed by atoms with Crippen molar-refractivity contribution < 1.29 is 13.9 Å². The lowest BCUT2D eigenvalue weighted by atomic mass is 9.86. The zero-order chi connectivity index (χ0) is 14.5. The van der Waals surface area contributed by atoms with Crippen LogP contribution in [0.5, 0.6) is 5.75 Å². The molecule has 2 atom stereocenters. The molecular formula is C15H21FN2O2. The van der Waals surface area contributed by atoms with E-state index in [0.29, 0.717) is 18.2 Å². The van der Waals surface area contributed by atoms with Crippen molar-refractivity contribution in [2.24, 2.45) is 11.7 Å². The van der Waals surface area contributed by atoms with E-state index < -0.39 is 5.82 Å². The number of methoxy groups -OCH3 is 1.